The maximum absolute atomic E-state index is 12.2. The number of rotatable bonds is 3. The van der Waals surface area contributed by atoms with Gasteiger partial charge in [-0.2, -0.15) is 5.26 Å². The molecule has 0 spiro atoms. The summed E-state index contributed by atoms with van der Waals surface area (Å²) in [6.45, 7) is 0. The lowest BCUT2D eigenvalue weighted by atomic mass is 10.2. The number of anilines is 1. The minimum absolute atomic E-state index is 0.297. The van der Waals surface area contributed by atoms with Gasteiger partial charge in [-0.05, 0) is 24.3 Å². The van der Waals surface area contributed by atoms with Gasteiger partial charge in [0.15, 0.2) is 5.82 Å². The molecule has 0 aliphatic rings. The number of nitriles is 1. The van der Waals surface area contributed by atoms with Crippen LogP contribution in [0, 0.1) is 11.3 Å². The summed E-state index contributed by atoms with van der Waals surface area (Å²) in [5.41, 5.74) is 2.42. The molecule has 3 aromatic rings. The van der Waals surface area contributed by atoms with E-state index in [1.165, 1.54) is 12.4 Å². The molecule has 0 saturated carbocycles. The smallest absolute Gasteiger partial charge is 0.258 e. The highest BCUT2D eigenvalue weighted by atomic mass is 16.1. The van der Waals surface area contributed by atoms with E-state index in [1.807, 2.05) is 36.4 Å². The summed E-state index contributed by atoms with van der Waals surface area (Å²) in [7, 11) is 0. The Hall–Kier alpha value is -3.52. The molecule has 1 amide bonds. The van der Waals surface area contributed by atoms with Crippen molar-refractivity contribution in [2.75, 3.05) is 5.32 Å². The van der Waals surface area contributed by atoms with Crippen molar-refractivity contribution in [2.24, 2.45) is 0 Å². The zero-order valence-electron chi connectivity index (χ0n) is 12.1. The summed E-state index contributed by atoms with van der Waals surface area (Å²) < 4.78 is 0. The molecule has 0 atom stereocenters. The van der Waals surface area contributed by atoms with Crippen molar-refractivity contribution in [3.63, 3.8) is 0 Å². The van der Waals surface area contributed by atoms with E-state index < -0.39 is 0 Å². The van der Waals surface area contributed by atoms with Crippen LogP contribution in [-0.4, -0.2) is 15.9 Å². The highest BCUT2D eigenvalue weighted by molar-refractivity contribution is 6.03. The van der Waals surface area contributed by atoms with Crippen molar-refractivity contribution in [1.29, 1.82) is 5.26 Å². The van der Waals surface area contributed by atoms with Gasteiger partial charge in [-0.25, -0.2) is 9.97 Å². The predicted molar refractivity (Wildman–Crippen MR) is 86.6 cm³/mol. The number of hydrogen-bond acceptors (Lipinski definition) is 4. The summed E-state index contributed by atoms with van der Waals surface area (Å²) >= 11 is 0. The molecule has 23 heavy (non-hydrogen) atoms. The lowest BCUT2D eigenvalue weighted by molar-refractivity contribution is 0.102. The fourth-order valence-electron chi connectivity index (χ4n) is 2.01. The lowest BCUT2D eigenvalue weighted by Crippen LogP contribution is -2.12. The number of nitrogens with zero attached hydrogens (tertiary/aromatic N) is 3. The molecule has 0 aliphatic carbocycles. The van der Waals surface area contributed by atoms with Crippen LogP contribution in [0.1, 0.15) is 15.9 Å². The van der Waals surface area contributed by atoms with Crippen molar-refractivity contribution < 1.29 is 4.79 Å². The number of hydrogen-bond donors (Lipinski definition) is 1. The predicted octanol–water partition coefficient (Wildman–Crippen LogP) is 3.27. The first-order valence-corrected chi connectivity index (χ1v) is 6.95. The van der Waals surface area contributed by atoms with Crippen LogP contribution < -0.4 is 5.32 Å². The lowest BCUT2D eigenvalue weighted by Gasteiger charge is -2.05. The molecular weight excluding hydrogens is 288 g/mol. The maximum Gasteiger partial charge on any atom is 0.258 e. The fourth-order valence-corrected chi connectivity index (χ4v) is 2.01. The number of nitrogens with one attached hydrogen (secondary N) is 1. The molecule has 0 unspecified atom stereocenters. The van der Waals surface area contributed by atoms with Crippen LogP contribution in [0.25, 0.3) is 11.4 Å². The Bertz CT molecular complexity index is 850. The van der Waals surface area contributed by atoms with Crippen molar-refractivity contribution in [2.45, 2.75) is 0 Å². The maximum atomic E-state index is 12.2. The third-order valence-electron chi connectivity index (χ3n) is 3.22. The summed E-state index contributed by atoms with van der Waals surface area (Å²) in [5.74, 6) is 0.273. The van der Waals surface area contributed by atoms with Gasteiger partial charge >= 0.3 is 0 Å². The van der Waals surface area contributed by atoms with Crippen LogP contribution in [0.15, 0.2) is 67.0 Å². The van der Waals surface area contributed by atoms with Crippen molar-refractivity contribution in [3.05, 3.63) is 78.1 Å². The quantitative estimate of drug-likeness (QED) is 0.805. The molecule has 110 valence electrons. The van der Waals surface area contributed by atoms with E-state index in [9.17, 15) is 4.79 Å². The van der Waals surface area contributed by atoms with Gasteiger partial charge in [0, 0.05) is 23.6 Å². The van der Waals surface area contributed by atoms with Gasteiger partial charge in [-0.3, -0.25) is 4.79 Å². The zero-order valence-corrected chi connectivity index (χ0v) is 12.1. The van der Waals surface area contributed by atoms with Crippen LogP contribution in [-0.2, 0) is 0 Å². The summed E-state index contributed by atoms with van der Waals surface area (Å²) in [4.78, 5) is 20.6. The van der Waals surface area contributed by atoms with Crippen LogP contribution >= 0.6 is 0 Å². The van der Waals surface area contributed by atoms with Gasteiger partial charge in [-0.1, -0.05) is 30.3 Å². The molecule has 0 saturated heterocycles. The minimum atomic E-state index is -0.297. The molecule has 0 fully saturated rings. The Kier molecular flexibility index (Phi) is 4.07. The van der Waals surface area contributed by atoms with E-state index in [-0.39, 0.29) is 5.91 Å². The Morgan fingerprint density at radius 1 is 0.957 bits per heavy atom. The van der Waals surface area contributed by atoms with E-state index in [0.717, 1.165) is 5.56 Å². The summed E-state index contributed by atoms with van der Waals surface area (Å²) in [6.07, 6.45) is 2.99. The van der Waals surface area contributed by atoms with Crippen molar-refractivity contribution >= 4 is 11.6 Å². The molecule has 3 rings (SSSR count). The Labute approximate surface area is 133 Å². The van der Waals surface area contributed by atoms with Crippen molar-refractivity contribution in [3.8, 4) is 17.5 Å². The molecule has 5 nitrogen and oxygen atoms in total. The van der Waals surface area contributed by atoms with Gasteiger partial charge < -0.3 is 5.32 Å². The average Bonchev–Trinajstić information content (AvgIpc) is 2.63. The van der Waals surface area contributed by atoms with Crippen LogP contribution in [0.2, 0.25) is 0 Å². The monoisotopic (exact) mass is 300 g/mol. The van der Waals surface area contributed by atoms with Gasteiger partial charge in [-0.15, -0.1) is 0 Å². The Morgan fingerprint density at radius 2 is 1.61 bits per heavy atom. The molecule has 1 heterocycles. The number of aromatic nitrogens is 2. The van der Waals surface area contributed by atoms with E-state index in [0.29, 0.717) is 22.6 Å². The van der Waals surface area contributed by atoms with Gasteiger partial charge in [0.05, 0.1) is 17.2 Å². The van der Waals surface area contributed by atoms with Gasteiger partial charge in [0.25, 0.3) is 5.91 Å². The van der Waals surface area contributed by atoms with Gasteiger partial charge in [0.2, 0.25) is 0 Å². The molecule has 2 aromatic carbocycles. The number of carbonyl (C=O) groups excluding carboxylic acids is 1. The summed E-state index contributed by atoms with van der Waals surface area (Å²) in [5, 5.41) is 11.5. The number of carbonyl (C=O) groups is 1. The first-order chi connectivity index (χ1) is 11.3. The topological polar surface area (TPSA) is 78.7 Å². The van der Waals surface area contributed by atoms with E-state index in [4.69, 9.17) is 5.26 Å². The fraction of sp³-hybridized carbons (Fsp3) is 0. The molecule has 5 heteroatoms. The molecular formula is C18H12N4O. The number of amides is 1. The third-order valence-corrected chi connectivity index (χ3v) is 3.22. The van der Waals surface area contributed by atoms with Gasteiger partial charge in [0.1, 0.15) is 0 Å². The van der Waals surface area contributed by atoms with E-state index in [1.54, 1.807) is 24.3 Å². The first-order valence-electron chi connectivity index (χ1n) is 6.95. The van der Waals surface area contributed by atoms with Crippen LogP contribution in [0.4, 0.5) is 5.69 Å². The summed E-state index contributed by atoms with van der Waals surface area (Å²) in [6, 6.07) is 18.2. The highest BCUT2D eigenvalue weighted by Gasteiger charge is 2.08. The molecule has 1 N–H and O–H groups in total. The van der Waals surface area contributed by atoms with Crippen molar-refractivity contribution in [1.82, 2.24) is 9.97 Å². The minimum Gasteiger partial charge on any atom is -0.322 e. The Balaban J connectivity index is 1.74. The normalized spacial score (nSPS) is 9.87. The second-order valence-electron chi connectivity index (χ2n) is 4.80. The second kappa shape index (κ2) is 6.50. The van der Waals surface area contributed by atoms with E-state index >= 15 is 0 Å². The molecule has 0 aliphatic heterocycles. The standard InChI is InChI=1S/C18H12N4O/c19-10-13-6-8-16(9-7-13)22-18(23)15-11-20-17(21-12-15)14-4-2-1-3-5-14/h1-9,11-12H,(H,22,23). The van der Waals surface area contributed by atoms with Crippen LogP contribution in [0.5, 0.6) is 0 Å². The number of benzene rings is 2. The third kappa shape index (κ3) is 3.39. The first kappa shape index (κ1) is 14.4. The SMILES string of the molecule is N#Cc1ccc(NC(=O)c2cnc(-c3ccccc3)nc2)cc1. The second-order valence-corrected chi connectivity index (χ2v) is 4.80. The molecule has 0 bridgehead atoms. The Morgan fingerprint density at radius 3 is 2.22 bits per heavy atom. The van der Waals surface area contributed by atoms with E-state index in [2.05, 4.69) is 15.3 Å². The average molecular weight is 300 g/mol. The molecule has 1 aromatic heterocycles. The van der Waals surface area contributed by atoms with Crippen LogP contribution in [0.3, 0.4) is 0 Å². The largest absolute Gasteiger partial charge is 0.322 e. The molecule has 0 radical (unpaired) electrons. The highest BCUT2D eigenvalue weighted by Crippen LogP contribution is 2.14. The zero-order chi connectivity index (χ0) is 16.1.